The van der Waals surface area contributed by atoms with Gasteiger partial charge in [0.05, 0.1) is 18.5 Å². The van der Waals surface area contributed by atoms with E-state index in [0.717, 1.165) is 18.7 Å². The van der Waals surface area contributed by atoms with Gasteiger partial charge in [-0.3, -0.25) is 4.98 Å². The number of nitrogens with zero attached hydrogens (tertiary/aromatic N) is 1. The first-order valence-corrected chi connectivity index (χ1v) is 6.81. The third kappa shape index (κ3) is 6.75. The van der Waals surface area contributed by atoms with Crippen LogP contribution < -0.4 is 10.1 Å². The summed E-state index contributed by atoms with van der Waals surface area (Å²) in [5.74, 6) is 0.499. The third-order valence-corrected chi connectivity index (χ3v) is 2.78. The van der Waals surface area contributed by atoms with Gasteiger partial charge in [-0.05, 0) is 38.4 Å². The molecule has 0 amide bonds. The van der Waals surface area contributed by atoms with Crippen molar-refractivity contribution in [1.82, 2.24) is 10.3 Å². The van der Waals surface area contributed by atoms with E-state index in [1.807, 2.05) is 13.0 Å². The SMILES string of the molecule is CCCNC(C)c1ccc(OCCCC(F)(F)F)cn1. The molecule has 20 heavy (non-hydrogen) atoms. The van der Waals surface area contributed by atoms with Gasteiger partial charge in [0, 0.05) is 12.5 Å². The van der Waals surface area contributed by atoms with E-state index in [-0.39, 0.29) is 19.1 Å². The van der Waals surface area contributed by atoms with E-state index in [4.69, 9.17) is 4.74 Å². The molecule has 0 aliphatic heterocycles. The van der Waals surface area contributed by atoms with Gasteiger partial charge < -0.3 is 10.1 Å². The Morgan fingerprint density at radius 2 is 2.10 bits per heavy atom. The second kappa shape index (κ2) is 8.09. The molecular weight excluding hydrogens is 269 g/mol. The zero-order chi connectivity index (χ0) is 15.0. The second-order valence-corrected chi connectivity index (χ2v) is 4.66. The van der Waals surface area contributed by atoms with Gasteiger partial charge in [-0.1, -0.05) is 6.92 Å². The molecule has 0 aliphatic rings. The minimum absolute atomic E-state index is 0.0420. The van der Waals surface area contributed by atoms with E-state index in [1.54, 1.807) is 12.3 Å². The summed E-state index contributed by atoms with van der Waals surface area (Å²) in [6.07, 6.45) is -2.39. The molecule has 0 fully saturated rings. The molecule has 0 spiro atoms. The standard InChI is InChI=1S/C14H21F3N2O/c1-3-8-18-11(2)13-6-5-12(10-19-13)20-9-4-7-14(15,16)17/h5-6,10-11,18H,3-4,7-9H2,1-2H3. The number of ether oxygens (including phenoxy) is 1. The van der Waals surface area contributed by atoms with Crippen molar-refractivity contribution < 1.29 is 17.9 Å². The molecule has 1 rings (SSSR count). The van der Waals surface area contributed by atoms with Crippen LogP contribution in [0.2, 0.25) is 0 Å². The first-order valence-electron chi connectivity index (χ1n) is 6.81. The predicted octanol–water partition coefficient (Wildman–Crippen LogP) is 3.86. The Morgan fingerprint density at radius 1 is 1.35 bits per heavy atom. The number of aromatic nitrogens is 1. The molecule has 1 aromatic rings. The van der Waals surface area contributed by atoms with Gasteiger partial charge in [0.1, 0.15) is 5.75 Å². The highest BCUT2D eigenvalue weighted by molar-refractivity contribution is 5.21. The molecule has 0 bridgehead atoms. The smallest absolute Gasteiger partial charge is 0.389 e. The highest BCUT2D eigenvalue weighted by Crippen LogP contribution is 2.21. The Bertz CT molecular complexity index is 379. The monoisotopic (exact) mass is 290 g/mol. The summed E-state index contributed by atoms with van der Waals surface area (Å²) in [4.78, 5) is 4.25. The summed E-state index contributed by atoms with van der Waals surface area (Å²) in [5, 5.41) is 3.31. The van der Waals surface area contributed by atoms with Crippen molar-refractivity contribution in [1.29, 1.82) is 0 Å². The lowest BCUT2D eigenvalue weighted by atomic mass is 10.2. The van der Waals surface area contributed by atoms with Gasteiger partial charge in [-0.25, -0.2) is 0 Å². The lowest BCUT2D eigenvalue weighted by Crippen LogP contribution is -2.20. The Hall–Kier alpha value is -1.30. The first kappa shape index (κ1) is 16.8. The molecule has 1 atom stereocenters. The van der Waals surface area contributed by atoms with E-state index < -0.39 is 12.6 Å². The van der Waals surface area contributed by atoms with Crippen LogP contribution in [0.25, 0.3) is 0 Å². The van der Waals surface area contributed by atoms with Crippen LogP contribution in [-0.2, 0) is 0 Å². The zero-order valence-electron chi connectivity index (χ0n) is 11.8. The molecule has 3 nitrogen and oxygen atoms in total. The quantitative estimate of drug-likeness (QED) is 0.738. The average Bonchev–Trinajstić information content (AvgIpc) is 2.40. The fourth-order valence-corrected chi connectivity index (χ4v) is 1.66. The number of alkyl halides is 3. The predicted molar refractivity (Wildman–Crippen MR) is 71.7 cm³/mol. The summed E-state index contributed by atoms with van der Waals surface area (Å²) in [5.41, 5.74) is 0.890. The van der Waals surface area contributed by atoms with Crippen molar-refractivity contribution in [3.63, 3.8) is 0 Å². The summed E-state index contributed by atoms with van der Waals surface area (Å²) >= 11 is 0. The summed E-state index contributed by atoms with van der Waals surface area (Å²) in [6.45, 7) is 5.07. The average molecular weight is 290 g/mol. The van der Waals surface area contributed by atoms with E-state index in [1.165, 1.54) is 0 Å². The second-order valence-electron chi connectivity index (χ2n) is 4.66. The van der Waals surface area contributed by atoms with Crippen LogP contribution >= 0.6 is 0 Å². The molecule has 1 unspecified atom stereocenters. The number of rotatable bonds is 8. The van der Waals surface area contributed by atoms with E-state index in [0.29, 0.717) is 5.75 Å². The minimum Gasteiger partial charge on any atom is -0.492 e. The van der Waals surface area contributed by atoms with Crippen molar-refractivity contribution in [3.05, 3.63) is 24.0 Å². The molecule has 0 saturated heterocycles. The molecule has 0 aliphatic carbocycles. The maximum absolute atomic E-state index is 12.0. The van der Waals surface area contributed by atoms with Gasteiger partial charge in [-0.2, -0.15) is 13.2 Å². The fourth-order valence-electron chi connectivity index (χ4n) is 1.66. The van der Waals surface area contributed by atoms with E-state index in [9.17, 15) is 13.2 Å². The fraction of sp³-hybridized carbons (Fsp3) is 0.643. The number of hydrogen-bond acceptors (Lipinski definition) is 3. The third-order valence-electron chi connectivity index (χ3n) is 2.78. The lowest BCUT2D eigenvalue weighted by molar-refractivity contribution is -0.136. The van der Waals surface area contributed by atoms with E-state index >= 15 is 0 Å². The zero-order valence-corrected chi connectivity index (χ0v) is 11.8. The number of pyridine rings is 1. The molecule has 0 radical (unpaired) electrons. The van der Waals surface area contributed by atoms with Crippen LogP contribution in [0.4, 0.5) is 13.2 Å². The Kier molecular flexibility index (Phi) is 6.78. The Labute approximate surface area is 117 Å². The summed E-state index contributed by atoms with van der Waals surface area (Å²) in [6, 6.07) is 3.71. The van der Waals surface area contributed by atoms with E-state index in [2.05, 4.69) is 17.2 Å². The van der Waals surface area contributed by atoms with Gasteiger partial charge in [0.25, 0.3) is 0 Å². The Balaban J connectivity index is 2.35. The molecule has 0 aromatic carbocycles. The number of halogens is 3. The molecular formula is C14H21F3N2O. The number of hydrogen-bond donors (Lipinski definition) is 1. The summed E-state index contributed by atoms with van der Waals surface area (Å²) in [7, 11) is 0. The first-order chi connectivity index (χ1) is 9.42. The molecule has 1 heterocycles. The summed E-state index contributed by atoms with van der Waals surface area (Å²) < 4.78 is 41.1. The van der Waals surface area contributed by atoms with Gasteiger partial charge in [-0.15, -0.1) is 0 Å². The maximum atomic E-state index is 12.0. The van der Waals surface area contributed by atoms with Crippen molar-refractivity contribution in [3.8, 4) is 5.75 Å². The molecule has 114 valence electrons. The Morgan fingerprint density at radius 3 is 2.65 bits per heavy atom. The van der Waals surface area contributed by atoms with Gasteiger partial charge in [0.2, 0.25) is 0 Å². The molecule has 1 aromatic heterocycles. The van der Waals surface area contributed by atoms with Crippen molar-refractivity contribution >= 4 is 0 Å². The van der Waals surface area contributed by atoms with Gasteiger partial charge in [0.15, 0.2) is 0 Å². The highest BCUT2D eigenvalue weighted by Gasteiger charge is 2.26. The highest BCUT2D eigenvalue weighted by atomic mass is 19.4. The van der Waals surface area contributed by atoms with Crippen LogP contribution in [-0.4, -0.2) is 24.3 Å². The van der Waals surface area contributed by atoms with Crippen LogP contribution in [0.5, 0.6) is 5.75 Å². The van der Waals surface area contributed by atoms with Crippen LogP contribution in [0.3, 0.4) is 0 Å². The number of nitrogens with one attached hydrogen (secondary N) is 1. The topological polar surface area (TPSA) is 34.1 Å². The van der Waals surface area contributed by atoms with Gasteiger partial charge >= 0.3 is 6.18 Å². The normalized spacial score (nSPS) is 13.2. The molecule has 6 heteroatoms. The van der Waals surface area contributed by atoms with Crippen LogP contribution in [0.15, 0.2) is 18.3 Å². The maximum Gasteiger partial charge on any atom is 0.389 e. The largest absolute Gasteiger partial charge is 0.492 e. The van der Waals surface area contributed by atoms with Crippen LogP contribution in [0, 0.1) is 0 Å². The van der Waals surface area contributed by atoms with Crippen molar-refractivity contribution in [2.75, 3.05) is 13.2 Å². The van der Waals surface area contributed by atoms with Crippen molar-refractivity contribution in [2.24, 2.45) is 0 Å². The molecule has 1 N–H and O–H groups in total. The lowest BCUT2D eigenvalue weighted by Gasteiger charge is -2.13. The molecule has 0 saturated carbocycles. The van der Waals surface area contributed by atoms with Crippen molar-refractivity contribution in [2.45, 2.75) is 45.3 Å². The van der Waals surface area contributed by atoms with Crippen LogP contribution in [0.1, 0.15) is 44.8 Å². The minimum atomic E-state index is -4.12.